The maximum absolute atomic E-state index is 11.9. The van der Waals surface area contributed by atoms with Gasteiger partial charge in [-0.05, 0) is 49.2 Å². The summed E-state index contributed by atoms with van der Waals surface area (Å²) >= 11 is 0. The van der Waals surface area contributed by atoms with Crippen LogP contribution in [0.2, 0.25) is 0 Å². The zero-order chi connectivity index (χ0) is 19.8. The molecule has 1 N–H and O–H groups in total. The molecule has 2 aromatic rings. The van der Waals surface area contributed by atoms with Crippen molar-refractivity contribution in [3.8, 4) is 23.0 Å². The zero-order valence-electron chi connectivity index (χ0n) is 16.2. The van der Waals surface area contributed by atoms with E-state index in [-0.39, 0.29) is 12.5 Å². The molecular formula is C20H24N2O5. The van der Waals surface area contributed by atoms with Crippen LogP contribution < -0.4 is 24.4 Å². The molecule has 0 saturated carbocycles. The van der Waals surface area contributed by atoms with Crippen LogP contribution in [0.1, 0.15) is 16.7 Å². The Morgan fingerprint density at radius 3 is 2.37 bits per heavy atom. The summed E-state index contributed by atoms with van der Waals surface area (Å²) in [6.45, 7) is 3.87. The summed E-state index contributed by atoms with van der Waals surface area (Å²) < 4.78 is 21.4. The average molecular weight is 372 g/mol. The van der Waals surface area contributed by atoms with Crippen LogP contribution in [0.3, 0.4) is 0 Å². The molecule has 0 fully saturated rings. The highest BCUT2D eigenvalue weighted by Gasteiger charge is 2.14. The second kappa shape index (κ2) is 9.47. The number of rotatable bonds is 8. The van der Waals surface area contributed by atoms with Crippen LogP contribution in [-0.2, 0) is 4.79 Å². The van der Waals surface area contributed by atoms with E-state index in [1.54, 1.807) is 19.2 Å². The van der Waals surface area contributed by atoms with Gasteiger partial charge >= 0.3 is 0 Å². The fourth-order valence-corrected chi connectivity index (χ4v) is 2.38. The molecule has 0 radical (unpaired) electrons. The Bertz CT molecular complexity index is 833. The van der Waals surface area contributed by atoms with Crippen LogP contribution in [0, 0.1) is 13.8 Å². The van der Waals surface area contributed by atoms with Crippen molar-refractivity contribution in [3.05, 3.63) is 47.0 Å². The van der Waals surface area contributed by atoms with Crippen molar-refractivity contribution in [1.29, 1.82) is 0 Å². The number of hydrazone groups is 1. The monoisotopic (exact) mass is 372 g/mol. The van der Waals surface area contributed by atoms with Crippen LogP contribution in [-0.4, -0.2) is 40.1 Å². The molecule has 0 heterocycles. The first kappa shape index (κ1) is 20.1. The quantitative estimate of drug-likeness (QED) is 0.569. The molecule has 0 aliphatic carbocycles. The molecule has 0 aliphatic heterocycles. The fraction of sp³-hybridized carbons (Fsp3) is 0.300. The van der Waals surface area contributed by atoms with Crippen LogP contribution >= 0.6 is 0 Å². The zero-order valence-corrected chi connectivity index (χ0v) is 16.2. The van der Waals surface area contributed by atoms with E-state index in [9.17, 15) is 4.79 Å². The number of carbonyl (C=O) groups is 1. The number of benzene rings is 2. The van der Waals surface area contributed by atoms with Crippen LogP contribution in [0.5, 0.6) is 23.0 Å². The number of carbonyl (C=O) groups excluding carboxylic acids is 1. The molecule has 0 saturated heterocycles. The number of ether oxygens (including phenoxy) is 4. The standard InChI is InChI=1S/C20H24N2O5/c1-13-6-8-16(10-14(13)2)27-12-18(23)22-21-11-15-7-9-17(24-3)20(26-5)19(15)25-4/h6-11H,12H2,1-5H3,(H,22,23)/b21-11+. The SMILES string of the molecule is COc1ccc(/C=N/NC(=O)COc2ccc(C)c(C)c2)c(OC)c1OC. The Morgan fingerprint density at radius 1 is 1.00 bits per heavy atom. The van der Waals surface area contributed by atoms with Gasteiger partial charge < -0.3 is 18.9 Å². The van der Waals surface area contributed by atoms with Gasteiger partial charge in [0.25, 0.3) is 5.91 Å². The van der Waals surface area contributed by atoms with Gasteiger partial charge in [0.2, 0.25) is 5.75 Å². The first-order valence-electron chi connectivity index (χ1n) is 8.31. The van der Waals surface area contributed by atoms with E-state index in [2.05, 4.69) is 10.5 Å². The Labute approximate surface area is 158 Å². The highest BCUT2D eigenvalue weighted by atomic mass is 16.5. The predicted molar refractivity (Wildman–Crippen MR) is 103 cm³/mol. The first-order valence-corrected chi connectivity index (χ1v) is 8.31. The third-order valence-electron chi connectivity index (χ3n) is 3.98. The summed E-state index contributed by atoms with van der Waals surface area (Å²) in [5, 5.41) is 3.94. The van der Waals surface area contributed by atoms with E-state index in [1.165, 1.54) is 26.0 Å². The van der Waals surface area contributed by atoms with Crippen molar-refractivity contribution >= 4 is 12.1 Å². The minimum atomic E-state index is -0.371. The van der Waals surface area contributed by atoms with Gasteiger partial charge in [0.05, 0.1) is 27.5 Å². The molecule has 0 aromatic heterocycles. The molecule has 0 spiro atoms. The van der Waals surface area contributed by atoms with E-state index in [0.29, 0.717) is 28.6 Å². The van der Waals surface area contributed by atoms with E-state index in [0.717, 1.165) is 5.56 Å². The number of aryl methyl sites for hydroxylation is 2. The molecule has 0 bridgehead atoms. The minimum absolute atomic E-state index is 0.136. The Kier molecular flexibility index (Phi) is 7.05. The smallest absolute Gasteiger partial charge is 0.277 e. The van der Waals surface area contributed by atoms with Crippen LogP contribution in [0.15, 0.2) is 35.4 Å². The van der Waals surface area contributed by atoms with Gasteiger partial charge in [0, 0.05) is 5.56 Å². The van der Waals surface area contributed by atoms with E-state index in [1.807, 2.05) is 32.0 Å². The van der Waals surface area contributed by atoms with E-state index >= 15 is 0 Å². The molecule has 7 nitrogen and oxygen atoms in total. The fourth-order valence-electron chi connectivity index (χ4n) is 2.38. The number of hydrogen-bond donors (Lipinski definition) is 1. The Hall–Kier alpha value is -3.22. The maximum Gasteiger partial charge on any atom is 0.277 e. The van der Waals surface area contributed by atoms with Gasteiger partial charge in [-0.3, -0.25) is 4.79 Å². The Balaban J connectivity index is 1.98. The van der Waals surface area contributed by atoms with Gasteiger partial charge in [0.15, 0.2) is 18.1 Å². The lowest BCUT2D eigenvalue weighted by Crippen LogP contribution is -2.24. The second-order valence-corrected chi connectivity index (χ2v) is 5.75. The lowest BCUT2D eigenvalue weighted by atomic mass is 10.1. The van der Waals surface area contributed by atoms with Crippen LogP contribution in [0.25, 0.3) is 0 Å². The largest absolute Gasteiger partial charge is 0.493 e. The van der Waals surface area contributed by atoms with Gasteiger partial charge in [-0.15, -0.1) is 0 Å². The van der Waals surface area contributed by atoms with Crippen molar-refractivity contribution in [2.45, 2.75) is 13.8 Å². The number of nitrogens with one attached hydrogen (secondary N) is 1. The third-order valence-corrected chi connectivity index (χ3v) is 3.98. The molecule has 1 amide bonds. The number of nitrogens with zero attached hydrogens (tertiary/aromatic N) is 1. The maximum atomic E-state index is 11.9. The summed E-state index contributed by atoms with van der Waals surface area (Å²) in [5.74, 6) is 1.72. The van der Waals surface area contributed by atoms with Gasteiger partial charge in [-0.2, -0.15) is 5.10 Å². The third kappa shape index (κ3) is 5.13. The number of methoxy groups -OCH3 is 3. The second-order valence-electron chi connectivity index (χ2n) is 5.75. The lowest BCUT2D eigenvalue weighted by Gasteiger charge is -2.13. The summed E-state index contributed by atoms with van der Waals surface area (Å²) in [5.41, 5.74) is 5.32. The topological polar surface area (TPSA) is 78.4 Å². The molecule has 27 heavy (non-hydrogen) atoms. The minimum Gasteiger partial charge on any atom is -0.493 e. The van der Waals surface area contributed by atoms with Crippen molar-refractivity contribution in [3.63, 3.8) is 0 Å². The molecular weight excluding hydrogens is 348 g/mol. The highest BCUT2D eigenvalue weighted by molar-refractivity contribution is 5.87. The van der Waals surface area contributed by atoms with Crippen LogP contribution in [0.4, 0.5) is 0 Å². The van der Waals surface area contributed by atoms with Gasteiger partial charge in [0.1, 0.15) is 5.75 Å². The molecule has 0 atom stereocenters. The summed E-state index contributed by atoms with van der Waals surface area (Å²) in [6.07, 6.45) is 1.47. The molecule has 7 heteroatoms. The molecule has 0 unspecified atom stereocenters. The normalized spacial score (nSPS) is 10.6. The molecule has 0 aliphatic rings. The van der Waals surface area contributed by atoms with Crippen molar-refractivity contribution in [2.24, 2.45) is 5.10 Å². The molecule has 2 aromatic carbocycles. The van der Waals surface area contributed by atoms with Crippen molar-refractivity contribution < 1.29 is 23.7 Å². The van der Waals surface area contributed by atoms with Gasteiger partial charge in [-0.25, -0.2) is 5.43 Å². The molecule has 144 valence electrons. The predicted octanol–water partition coefficient (Wildman–Crippen LogP) is 2.86. The summed E-state index contributed by atoms with van der Waals surface area (Å²) in [6, 6.07) is 9.15. The average Bonchev–Trinajstić information content (AvgIpc) is 2.68. The summed E-state index contributed by atoms with van der Waals surface area (Å²) in [7, 11) is 4.58. The van der Waals surface area contributed by atoms with Gasteiger partial charge in [-0.1, -0.05) is 6.07 Å². The highest BCUT2D eigenvalue weighted by Crippen LogP contribution is 2.38. The number of amides is 1. The summed E-state index contributed by atoms with van der Waals surface area (Å²) in [4.78, 5) is 11.9. The Morgan fingerprint density at radius 2 is 1.74 bits per heavy atom. The van der Waals surface area contributed by atoms with E-state index < -0.39 is 0 Å². The lowest BCUT2D eigenvalue weighted by molar-refractivity contribution is -0.123. The van der Waals surface area contributed by atoms with E-state index in [4.69, 9.17) is 18.9 Å². The van der Waals surface area contributed by atoms with Crippen molar-refractivity contribution in [2.75, 3.05) is 27.9 Å². The molecule has 2 rings (SSSR count). The number of hydrogen-bond acceptors (Lipinski definition) is 6. The first-order chi connectivity index (χ1) is 13.0. The van der Waals surface area contributed by atoms with Crippen molar-refractivity contribution in [1.82, 2.24) is 5.43 Å².